The maximum atomic E-state index is 12.9. The van der Waals surface area contributed by atoms with E-state index in [9.17, 15) is 10.2 Å². The van der Waals surface area contributed by atoms with Crippen LogP contribution in [0.15, 0.2) is 166 Å². The Balaban J connectivity index is 1.12. The molecule has 0 saturated carbocycles. The van der Waals surface area contributed by atoms with Crippen molar-refractivity contribution in [2.75, 3.05) is 26.4 Å². The lowest BCUT2D eigenvalue weighted by Crippen LogP contribution is -2.18. The van der Waals surface area contributed by atoms with Crippen molar-refractivity contribution in [3.8, 4) is 34.5 Å². The lowest BCUT2D eigenvalue weighted by Gasteiger charge is -2.28. The van der Waals surface area contributed by atoms with Gasteiger partial charge in [0.15, 0.2) is 0 Å². The second-order valence-corrected chi connectivity index (χ2v) is 26.2. The van der Waals surface area contributed by atoms with Crippen LogP contribution >= 0.6 is 0 Å². The van der Waals surface area contributed by atoms with Crippen LogP contribution in [-0.2, 0) is 47.3 Å². The molecule has 0 radical (unpaired) electrons. The molecule has 9 rings (SSSR count). The van der Waals surface area contributed by atoms with Crippen molar-refractivity contribution in [1.29, 1.82) is 0 Å². The first-order valence-corrected chi connectivity index (χ1v) is 29.6. The van der Waals surface area contributed by atoms with Gasteiger partial charge < -0.3 is 29.2 Å². The number of phenols is 2. The molecule has 0 atom stereocenters. The number of hydrogen-bond donors (Lipinski definition) is 2. The van der Waals surface area contributed by atoms with Gasteiger partial charge in [0, 0.05) is 49.2 Å². The number of para-hydroxylation sites is 2. The minimum atomic E-state index is -0.272. The summed E-state index contributed by atoms with van der Waals surface area (Å²) in [7, 11) is 0. The summed E-state index contributed by atoms with van der Waals surface area (Å²) in [5, 5.41) is 42.8. The number of pyridine rings is 2. The van der Waals surface area contributed by atoms with Gasteiger partial charge in [0.2, 0.25) is 0 Å². The number of aromatic hydroxyl groups is 2. The normalized spacial score (nSPS) is 13.3. The van der Waals surface area contributed by atoms with Crippen LogP contribution in [0.5, 0.6) is 34.5 Å². The van der Waals surface area contributed by atoms with Crippen LogP contribution in [0.1, 0.15) is 172 Å². The molecule has 6 aromatic carbocycles. The molecule has 2 N–H and O–H groups in total. The summed E-state index contributed by atoms with van der Waals surface area (Å²) in [6, 6.07) is 44.2. The number of ether oxygens (including phenoxy) is 4. The Bertz CT molecular complexity index is 3440. The number of aromatic nitrogens is 2. The van der Waals surface area contributed by atoms with Gasteiger partial charge in [0.25, 0.3) is 0 Å². The molecule has 86 heavy (non-hydrogen) atoms. The molecule has 2 aromatic heterocycles. The van der Waals surface area contributed by atoms with Crippen LogP contribution in [0.25, 0.3) is 0 Å². The second-order valence-electron chi connectivity index (χ2n) is 26.2. The van der Waals surface area contributed by atoms with Gasteiger partial charge in [-0.25, -0.2) is 0 Å². The van der Waals surface area contributed by atoms with E-state index in [0.29, 0.717) is 60.1 Å². The number of benzene rings is 6. The van der Waals surface area contributed by atoms with E-state index in [0.717, 1.165) is 77.9 Å². The van der Waals surface area contributed by atoms with Gasteiger partial charge in [0.1, 0.15) is 60.9 Å². The third kappa shape index (κ3) is 15.9. The second kappa shape index (κ2) is 26.6. The highest BCUT2D eigenvalue weighted by Crippen LogP contribution is 2.44. The molecule has 0 unspecified atom stereocenters. The van der Waals surface area contributed by atoms with Crippen LogP contribution in [0.4, 0.5) is 0 Å². The summed E-state index contributed by atoms with van der Waals surface area (Å²) in [6.07, 6.45) is 11.4. The van der Waals surface area contributed by atoms with Crippen molar-refractivity contribution in [2.24, 2.45) is 20.4 Å². The van der Waals surface area contributed by atoms with Crippen LogP contribution in [-0.4, -0.2) is 71.5 Å². The zero-order valence-corrected chi connectivity index (χ0v) is 52.0. The molecule has 2 heterocycles. The summed E-state index contributed by atoms with van der Waals surface area (Å²) in [4.78, 5) is 8.59. The van der Waals surface area contributed by atoms with Gasteiger partial charge in [-0.15, -0.1) is 0 Å². The molecule has 0 spiro atoms. The lowest BCUT2D eigenvalue weighted by atomic mass is 9.79. The first-order valence-electron chi connectivity index (χ1n) is 29.6. The molecule has 0 saturated heterocycles. The molecule has 1 aliphatic carbocycles. The van der Waals surface area contributed by atoms with Crippen molar-refractivity contribution in [3.05, 3.63) is 235 Å². The number of rotatable bonds is 16. The summed E-state index contributed by atoms with van der Waals surface area (Å²) < 4.78 is 27.0. The summed E-state index contributed by atoms with van der Waals surface area (Å²) in [5.74, 6) is 3.11. The van der Waals surface area contributed by atoms with Crippen molar-refractivity contribution in [1.82, 2.24) is 9.97 Å². The quantitative estimate of drug-likeness (QED) is 0.0551. The molecule has 0 amide bonds. The van der Waals surface area contributed by atoms with E-state index >= 15 is 0 Å². The Labute approximate surface area is 508 Å². The monoisotopic (exact) mass is 1150 g/mol. The molecular formula is C74H82N6O6. The fraction of sp³-hybridized carbons (Fsp3) is 0.324. The maximum Gasteiger partial charge on any atom is 0.128 e. The highest BCUT2D eigenvalue weighted by molar-refractivity contribution is 5.85. The number of hydrogen-bond acceptors (Lipinski definition) is 12. The molecule has 8 bridgehead atoms. The number of phenolic OH excluding ortho intramolecular Hbond substituents is 2. The molecule has 8 aromatic rings. The highest BCUT2D eigenvalue weighted by atomic mass is 16.5. The van der Waals surface area contributed by atoms with Crippen molar-refractivity contribution < 1.29 is 29.2 Å². The van der Waals surface area contributed by atoms with E-state index in [-0.39, 0.29) is 59.6 Å². The Morgan fingerprint density at radius 2 is 0.640 bits per heavy atom. The summed E-state index contributed by atoms with van der Waals surface area (Å²) in [6.45, 7) is 27.4. The van der Waals surface area contributed by atoms with E-state index < -0.39 is 0 Å². The van der Waals surface area contributed by atoms with Crippen LogP contribution in [0, 0.1) is 0 Å². The van der Waals surface area contributed by atoms with Gasteiger partial charge in [0.05, 0.1) is 36.2 Å². The predicted octanol–water partition coefficient (Wildman–Crippen LogP) is 15.6. The van der Waals surface area contributed by atoms with Crippen LogP contribution < -0.4 is 18.9 Å². The van der Waals surface area contributed by atoms with Crippen molar-refractivity contribution in [2.45, 2.75) is 130 Å². The molecule has 0 fully saturated rings. The largest absolute Gasteiger partial charge is 0.507 e. The zero-order chi connectivity index (χ0) is 61.2. The standard InChI is InChI=1S/C74H82N6O6/c1-71(2,3)59-37-51-33-55-41-61(73(7,8)9)43-57(69(55)85-31-29-83-65-25-15-13-21-49(65)45-77-79-47-63-23-17-19-27-75-63)35-53-39-60(72(4,5)6)40-54(68(53)82)36-58-44-62(74(10,11)12)42-56(34-52(38-59)67(51)81)70(58)86-32-30-84-66-26-16-14-22-50(66)46-78-80-48-64-24-18-20-28-76-64/h13-28,37-48,81-82H,29-36H2,1-12H3/b77-45-,78-46+,79-47+,80-48+. The Morgan fingerprint density at radius 3 is 0.942 bits per heavy atom. The Hall–Kier alpha value is -8.90. The van der Waals surface area contributed by atoms with E-state index in [4.69, 9.17) is 18.9 Å². The van der Waals surface area contributed by atoms with Gasteiger partial charge in [-0.1, -0.05) is 168 Å². The van der Waals surface area contributed by atoms with E-state index in [1.807, 2.05) is 84.9 Å². The van der Waals surface area contributed by atoms with E-state index in [1.165, 1.54) is 0 Å². The van der Waals surface area contributed by atoms with Gasteiger partial charge in [-0.05, 0) is 137 Å². The fourth-order valence-electron chi connectivity index (χ4n) is 10.3. The minimum absolute atomic E-state index is 0.207. The lowest BCUT2D eigenvalue weighted by molar-refractivity contribution is 0.214. The summed E-state index contributed by atoms with van der Waals surface area (Å²) in [5.41, 5.74) is 13.1. The highest BCUT2D eigenvalue weighted by Gasteiger charge is 2.29. The van der Waals surface area contributed by atoms with Crippen molar-refractivity contribution in [3.63, 3.8) is 0 Å². The Kier molecular flexibility index (Phi) is 19.0. The van der Waals surface area contributed by atoms with Crippen molar-refractivity contribution >= 4 is 24.9 Å². The average Bonchev–Trinajstić information content (AvgIpc) is 1.58. The first kappa shape index (κ1) is 61.7. The Morgan fingerprint density at radius 1 is 0.360 bits per heavy atom. The minimum Gasteiger partial charge on any atom is -0.507 e. The SMILES string of the molecule is CC(C)(C)c1cc2c(O)c(c1)Cc1cc(C(C)(C)C)cc(c1OCCOc1ccccc1/C=N/N=C/c1ccccn1)Cc1cc(C(C)(C)C)cc(c1O)Cc1cc(C(C)(C)C)cc(c1OCCOc1ccccc1/C=N\N=C\c1ccccn1)C2. The van der Waals surface area contributed by atoms with Gasteiger partial charge in [-0.3, -0.25) is 9.97 Å². The molecule has 1 aliphatic rings. The molecular weight excluding hydrogens is 1070 g/mol. The third-order valence-electron chi connectivity index (χ3n) is 15.3. The van der Waals surface area contributed by atoms with Crippen LogP contribution in [0.3, 0.4) is 0 Å². The predicted molar refractivity (Wildman–Crippen MR) is 349 cm³/mol. The maximum absolute atomic E-state index is 12.9. The smallest absolute Gasteiger partial charge is 0.128 e. The number of fused-ring (bicyclic) bond motifs is 8. The third-order valence-corrected chi connectivity index (χ3v) is 15.3. The summed E-state index contributed by atoms with van der Waals surface area (Å²) >= 11 is 0. The van der Waals surface area contributed by atoms with E-state index in [1.54, 1.807) is 37.3 Å². The fourth-order valence-corrected chi connectivity index (χ4v) is 10.3. The number of nitrogens with zero attached hydrogens (tertiary/aromatic N) is 6. The molecule has 12 nitrogen and oxygen atoms in total. The first-order chi connectivity index (χ1) is 41.0. The average molecular weight is 1150 g/mol. The van der Waals surface area contributed by atoms with Gasteiger partial charge in [-0.2, -0.15) is 20.4 Å². The van der Waals surface area contributed by atoms with Gasteiger partial charge >= 0.3 is 0 Å². The molecule has 0 aliphatic heterocycles. The van der Waals surface area contributed by atoms with Crippen LogP contribution in [0.2, 0.25) is 0 Å². The van der Waals surface area contributed by atoms with E-state index in [2.05, 4.69) is 162 Å². The molecule has 12 heteroatoms. The topological polar surface area (TPSA) is 153 Å². The zero-order valence-electron chi connectivity index (χ0n) is 52.0. The molecule has 444 valence electrons.